The number of hydrogen-bond acceptors (Lipinski definition) is 2. The van der Waals surface area contributed by atoms with E-state index >= 15 is 0 Å². The zero-order valence-corrected chi connectivity index (χ0v) is 11.6. The number of halogens is 4. The number of rotatable bonds is 2. The van der Waals surface area contributed by atoms with Crippen LogP contribution in [0, 0.1) is 0 Å². The molecule has 0 heterocycles. The first kappa shape index (κ1) is 12.2. The molecule has 0 atom stereocenters. The van der Waals surface area contributed by atoms with Gasteiger partial charge in [-0.25, -0.2) is 0 Å². The molecule has 1 rings (SSSR count). The SMILES string of the molecule is O=P(Cl)(Cl)Sc1ccc(Br)cc1Cl. The van der Waals surface area contributed by atoms with Crippen LogP contribution in [-0.4, -0.2) is 0 Å². The molecule has 0 fully saturated rings. The third kappa shape index (κ3) is 4.46. The fourth-order valence-corrected chi connectivity index (χ4v) is 4.62. The van der Waals surface area contributed by atoms with Crippen LogP contribution in [0.25, 0.3) is 0 Å². The Balaban J connectivity index is 2.97. The zero-order chi connectivity index (χ0) is 10.1. The number of hydrogen-bond donors (Lipinski definition) is 0. The van der Waals surface area contributed by atoms with Gasteiger partial charge in [-0.05, 0) is 52.1 Å². The van der Waals surface area contributed by atoms with E-state index in [9.17, 15) is 4.57 Å². The van der Waals surface area contributed by atoms with E-state index in [2.05, 4.69) is 15.9 Å². The van der Waals surface area contributed by atoms with Crippen molar-refractivity contribution in [1.82, 2.24) is 0 Å². The molecule has 0 spiro atoms. The van der Waals surface area contributed by atoms with E-state index in [1.54, 1.807) is 18.2 Å². The molecule has 0 aliphatic carbocycles. The Morgan fingerprint density at radius 1 is 1.38 bits per heavy atom. The van der Waals surface area contributed by atoms with Gasteiger partial charge in [-0.1, -0.05) is 27.5 Å². The fraction of sp³-hybridized carbons (Fsp3) is 0. The van der Waals surface area contributed by atoms with Gasteiger partial charge >= 0.3 is 5.05 Å². The van der Waals surface area contributed by atoms with E-state index in [4.69, 9.17) is 34.1 Å². The molecular formula is C6H3BrCl3OPS. The van der Waals surface area contributed by atoms with Crippen molar-refractivity contribution in [3.63, 3.8) is 0 Å². The summed E-state index contributed by atoms with van der Waals surface area (Å²) in [6.45, 7) is 0. The molecule has 0 saturated heterocycles. The van der Waals surface area contributed by atoms with Crippen LogP contribution in [-0.2, 0) is 4.57 Å². The van der Waals surface area contributed by atoms with Gasteiger partial charge in [0, 0.05) is 9.37 Å². The molecule has 13 heavy (non-hydrogen) atoms. The summed E-state index contributed by atoms with van der Waals surface area (Å²) in [5.41, 5.74) is 0. The Labute approximate surface area is 103 Å². The van der Waals surface area contributed by atoms with Gasteiger partial charge in [-0.15, -0.1) is 0 Å². The summed E-state index contributed by atoms with van der Waals surface area (Å²) in [7, 11) is 0. The summed E-state index contributed by atoms with van der Waals surface area (Å²) in [6.07, 6.45) is 0. The molecule has 7 heteroatoms. The highest BCUT2D eigenvalue weighted by Gasteiger charge is 2.17. The minimum atomic E-state index is -3.17. The fourth-order valence-electron chi connectivity index (χ4n) is 0.664. The summed E-state index contributed by atoms with van der Waals surface area (Å²) in [5.74, 6) is 0. The third-order valence-electron chi connectivity index (χ3n) is 1.10. The van der Waals surface area contributed by atoms with Gasteiger partial charge in [0.05, 0.1) is 5.02 Å². The first-order chi connectivity index (χ1) is 5.88. The van der Waals surface area contributed by atoms with E-state index in [-0.39, 0.29) is 0 Å². The molecule has 0 aliphatic rings. The molecule has 0 radical (unpaired) electrons. The molecule has 72 valence electrons. The maximum absolute atomic E-state index is 11.0. The lowest BCUT2D eigenvalue weighted by Crippen LogP contribution is -1.71. The highest BCUT2D eigenvalue weighted by atomic mass is 79.9. The van der Waals surface area contributed by atoms with Crippen LogP contribution in [0.3, 0.4) is 0 Å². The summed E-state index contributed by atoms with van der Waals surface area (Å²) in [5, 5.41) is -2.70. The summed E-state index contributed by atoms with van der Waals surface area (Å²) < 4.78 is 11.9. The molecule has 0 bridgehead atoms. The van der Waals surface area contributed by atoms with Gasteiger partial charge in [0.2, 0.25) is 0 Å². The Morgan fingerprint density at radius 2 is 2.00 bits per heavy atom. The first-order valence-electron chi connectivity index (χ1n) is 3.02. The van der Waals surface area contributed by atoms with Crippen LogP contribution in [0.15, 0.2) is 27.6 Å². The molecule has 0 unspecified atom stereocenters. The van der Waals surface area contributed by atoms with E-state index < -0.39 is 5.05 Å². The molecule has 1 aromatic rings. The first-order valence-corrected chi connectivity index (χ1v) is 9.13. The summed E-state index contributed by atoms with van der Waals surface area (Å²) >= 11 is 20.7. The summed E-state index contributed by atoms with van der Waals surface area (Å²) in [4.78, 5) is 0.609. The van der Waals surface area contributed by atoms with Crippen molar-refractivity contribution < 1.29 is 4.57 Å². The third-order valence-corrected chi connectivity index (χ3v) is 5.25. The number of benzene rings is 1. The van der Waals surface area contributed by atoms with Crippen molar-refractivity contribution in [2.24, 2.45) is 0 Å². The van der Waals surface area contributed by atoms with Crippen LogP contribution in [0.1, 0.15) is 0 Å². The van der Waals surface area contributed by atoms with Crippen LogP contribution in [0.4, 0.5) is 0 Å². The average Bonchev–Trinajstić information content (AvgIpc) is 1.93. The second kappa shape index (κ2) is 4.78. The predicted molar refractivity (Wildman–Crippen MR) is 64.3 cm³/mol. The van der Waals surface area contributed by atoms with E-state index in [1.807, 2.05) is 0 Å². The van der Waals surface area contributed by atoms with Gasteiger partial charge in [-0.2, -0.15) is 0 Å². The predicted octanol–water partition coefficient (Wildman–Crippen LogP) is 5.78. The topological polar surface area (TPSA) is 17.1 Å². The maximum atomic E-state index is 11.0. The van der Waals surface area contributed by atoms with E-state index in [0.717, 1.165) is 15.9 Å². The van der Waals surface area contributed by atoms with Crippen molar-refractivity contribution in [1.29, 1.82) is 0 Å². The molecule has 0 aliphatic heterocycles. The Hall–Kier alpha value is 1.15. The highest BCUT2D eigenvalue weighted by Crippen LogP contribution is 2.71. The normalized spacial score (nSPS) is 11.7. The van der Waals surface area contributed by atoms with Crippen molar-refractivity contribution >= 4 is 66.4 Å². The lowest BCUT2D eigenvalue weighted by molar-refractivity contribution is 0.600. The lowest BCUT2D eigenvalue weighted by Gasteiger charge is -2.03. The quantitative estimate of drug-likeness (QED) is 0.635. The van der Waals surface area contributed by atoms with Gasteiger partial charge in [-0.3, -0.25) is 4.57 Å². The molecule has 1 nitrogen and oxygen atoms in total. The monoisotopic (exact) mass is 338 g/mol. The van der Waals surface area contributed by atoms with Gasteiger partial charge < -0.3 is 0 Å². The summed E-state index contributed by atoms with van der Waals surface area (Å²) in [6, 6.07) is 5.17. The smallest absolute Gasteiger partial charge is 0.277 e. The van der Waals surface area contributed by atoms with Crippen LogP contribution < -0.4 is 0 Å². The van der Waals surface area contributed by atoms with E-state index in [1.165, 1.54) is 0 Å². The lowest BCUT2D eigenvalue weighted by atomic mass is 10.4. The molecular weight excluding hydrogens is 337 g/mol. The van der Waals surface area contributed by atoms with Crippen molar-refractivity contribution in [3.8, 4) is 0 Å². The second-order valence-electron chi connectivity index (χ2n) is 2.08. The Bertz CT molecular complexity index is 367. The van der Waals surface area contributed by atoms with Crippen LogP contribution in [0.5, 0.6) is 0 Å². The minimum absolute atomic E-state index is 0.473. The van der Waals surface area contributed by atoms with Gasteiger partial charge in [0.15, 0.2) is 0 Å². The largest absolute Gasteiger partial charge is 0.311 e. The van der Waals surface area contributed by atoms with Crippen molar-refractivity contribution in [2.45, 2.75) is 4.90 Å². The average molecular weight is 340 g/mol. The van der Waals surface area contributed by atoms with E-state index in [0.29, 0.717) is 9.92 Å². The standard InChI is InChI=1S/C6H3BrCl3OPS/c7-4-1-2-6(5(8)3-4)13-12(9,10)11/h1-3H. The zero-order valence-electron chi connectivity index (χ0n) is 6.01. The molecule has 0 N–H and O–H groups in total. The molecule has 0 amide bonds. The highest BCUT2D eigenvalue weighted by molar-refractivity contribution is 9.10. The van der Waals surface area contributed by atoms with Crippen LogP contribution in [0.2, 0.25) is 5.02 Å². The Morgan fingerprint density at radius 3 is 2.46 bits per heavy atom. The second-order valence-corrected chi connectivity index (χ2v) is 11.5. The molecule has 0 aromatic heterocycles. The van der Waals surface area contributed by atoms with Crippen molar-refractivity contribution in [2.75, 3.05) is 0 Å². The maximum Gasteiger partial charge on any atom is 0.311 e. The Kier molecular flexibility index (Phi) is 4.49. The van der Waals surface area contributed by atoms with Gasteiger partial charge in [0.1, 0.15) is 0 Å². The molecule has 0 saturated carbocycles. The minimum Gasteiger partial charge on any atom is -0.277 e. The van der Waals surface area contributed by atoms with Crippen molar-refractivity contribution in [3.05, 3.63) is 27.7 Å². The van der Waals surface area contributed by atoms with Crippen LogP contribution >= 0.6 is 66.4 Å². The van der Waals surface area contributed by atoms with Gasteiger partial charge in [0.25, 0.3) is 0 Å². The molecule has 1 aromatic carbocycles.